The number of hydrogen-bond donors (Lipinski definition) is 3. The van der Waals surface area contributed by atoms with Crippen molar-refractivity contribution in [3.8, 4) is 0 Å². The molecule has 3 N–H and O–H groups in total. The Morgan fingerprint density at radius 2 is 1.46 bits per heavy atom. The Hall–Kier alpha value is -2.08. The van der Waals surface area contributed by atoms with E-state index in [0.717, 1.165) is 21.7 Å². The quantitative estimate of drug-likeness (QED) is 0.705. The summed E-state index contributed by atoms with van der Waals surface area (Å²) < 4.78 is 0. The Morgan fingerprint density at radius 3 is 2.08 bits per heavy atom. The summed E-state index contributed by atoms with van der Waals surface area (Å²) in [7, 11) is 1.78. The first-order valence-electron chi connectivity index (χ1n) is 8.19. The van der Waals surface area contributed by atoms with Crippen LogP contribution in [0, 0.1) is 13.8 Å². The molecular weight excluding hydrogens is 373 g/mol. The van der Waals surface area contributed by atoms with E-state index in [2.05, 4.69) is 10.6 Å². The molecule has 0 aliphatic carbocycles. The van der Waals surface area contributed by atoms with Crippen LogP contribution in [0.5, 0.6) is 0 Å². The highest BCUT2D eigenvalue weighted by atomic mass is 35.5. The second-order valence-electron chi connectivity index (χ2n) is 6.28. The highest BCUT2D eigenvalue weighted by Crippen LogP contribution is 2.29. The lowest BCUT2D eigenvalue weighted by Gasteiger charge is -2.16. The molecule has 0 aromatic heterocycles. The molecule has 138 valence electrons. The number of likely N-dealkylation sites (N-methyl/N-ethyl adjacent to an activating group) is 1. The van der Waals surface area contributed by atoms with Crippen LogP contribution >= 0.6 is 23.2 Å². The molecule has 7 heteroatoms. The number of aryl methyl sites for hydroxylation is 2. The van der Waals surface area contributed by atoms with Gasteiger partial charge in [-0.15, -0.1) is 0 Å². The predicted molar refractivity (Wildman–Crippen MR) is 106 cm³/mol. The van der Waals surface area contributed by atoms with E-state index in [-0.39, 0.29) is 24.9 Å². The number of halogens is 2. The van der Waals surface area contributed by atoms with Crippen LogP contribution in [0.3, 0.4) is 0 Å². The lowest BCUT2D eigenvalue weighted by Crippen LogP contribution is -3.11. The molecule has 2 aromatic rings. The van der Waals surface area contributed by atoms with Gasteiger partial charge in [-0.25, -0.2) is 0 Å². The molecule has 0 aliphatic heterocycles. The van der Waals surface area contributed by atoms with Crippen LogP contribution in [0.25, 0.3) is 0 Å². The van der Waals surface area contributed by atoms with E-state index in [1.165, 1.54) is 0 Å². The van der Waals surface area contributed by atoms with Gasteiger partial charge in [0.25, 0.3) is 11.8 Å². The third kappa shape index (κ3) is 5.46. The molecule has 0 saturated carbocycles. The minimum absolute atomic E-state index is 0.128. The first-order chi connectivity index (χ1) is 12.3. The number of carbonyl (C=O) groups is 2. The second-order valence-corrected chi connectivity index (χ2v) is 7.06. The maximum Gasteiger partial charge on any atom is 0.279 e. The van der Waals surface area contributed by atoms with Gasteiger partial charge in [0.05, 0.1) is 22.8 Å². The standard InChI is InChI=1S/C19H21Cl2N3O2/c1-12-6-4-7-13(2)19(12)23-17(26)11-24(3)10-16(25)22-15-9-5-8-14(20)18(15)21/h4-9H,10-11H2,1-3H3,(H,22,25)(H,23,26)/p+1. The number of benzene rings is 2. The number of para-hydroxylation sites is 1. The van der Waals surface area contributed by atoms with Crippen LogP contribution in [0.2, 0.25) is 10.0 Å². The number of nitrogens with one attached hydrogen (secondary N) is 3. The van der Waals surface area contributed by atoms with Crippen molar-refractivity contribution in [1.29, 1.82) is 0 Å². The fraction of sp³-hybridized carbons (Fsp3) is 0.263. The largest absolute Gasteiger partial charge is 0.322 e. The van der Waals surface area contributed by atoms with Gasteiger partial charge in [0.15, 0.2) is 13.1 Å². The molecule has 5 nitrogen and oxygen atoms in total. The van der Waals surface area contributed by atoms with Gasteiger partial charge in [0.1, 0.15) is 0 Å². The molecule has 0 bridgehead atoms. The minimum atomic E-state index is -0.244. The smallest absolute Gasteiger partial charge is 0.279 e. The topological polar surface area (TPSA) is 62.6 Å². The number of anilines is 2. The molecule has 0 aliphatic rings. The average Bonchev–Trinajstić information content (AvgIpc) is 2.55. The Balaban J connectivity index is 1.89. The summed E-state index contributed by atoms with van der Waals surface area (Å²) in [6, 6.07) is 10.9. The Labute approximate surface area is 163 Å². The fourth-order valence-corrected chi connectivity index (χ4v) is 2.95. The molecule has 0 saturated heterocycles. The van der Waals surface area contributed by atoms with E-state index in [1.54, 1.807) is 25.2 Å². The molecule has 2 amide bonds. The van der Waals surface area contributed by atoms with Gasteiger partial charge >= 0.3 is 0 Å². The predicted octanol–water partition coefficient (Wildman–Crippen LogP) is 2.70. The van der Waals surface area contributed by atoms with Gasteiger partial charge in [-0.3, -0.25) is 9.59 Å². The van der Waals surface area contributed by atoms with E-state index in [4.69, 9.17) is 23.2 Å². The third-order valence-electron chi connectivity index (χ3n) is 3.90. The number of hydrogen-bond acceptors (Lipinski definition) is 2. The van der Waals surface area contributed by atoms with Crippen molar-refractivity contribution in [3.05, 3.63) is 57.6 Å². The zero-order valence-electron chi connectivity index (χ0n) is 15.0. The Bertz CT molecular complexity index is 804. The fourth-order valence-electron chi connectivity index (χ4n) is 2.60. The van der Waals surface area contributed by atoms with Gasteiger partial charge < -0.3 is 15.5 Å². The number of rotatable bonds is 6. The molecule has 1 atom stereocenters. The van der Waals surface area contributed by atoms with E-state index >= 15 is 0 Å². The van der Waals surface area contributed by atoms with Crippen molar-refractivity contribution in [2.75, 3.05) is 30.8 Å². The summed E-state index contributed by atoms with van der Waals surface area (Å²) in [5, 5.41) is 6.31. The van der Waals surface area contributed by atoms with E-state index in [0.29, 0.717) is 15.7 Å². The maximum absolute atomic E-state index is 12.3. The Kier molecular flexibility index (Phi) is 7.03. The summed E-state index contributed by atoms with van der Waals surface area (Å²) in [5.74, 6) is -0.389. The zero-order chi connectivity index (χ0) is 19.3. The zero-order valence-corrected chi connectivity index (χ0v) is 16.5. The van der Waals surface area contributed by atoms with Crippen molar-refractivity contribution in [1.82, 2.24) is 0 Å². The molecule has 2 aromatic carbocycles. The van der Waals surface area contributed by atoms with Crippen LogP contribution in [0.1, 0.15) is 11.1 Å². The van der Waals surface area contributed by atoms with Gasteiger partial charge in [0, 0.05) is 5.69 Å². The maximum atomic E-state index is 12.3. The Morgan fingerprint density at radius 1 is 0.923 bits per heavy atom. The number of carbonyl (C=O) groups excluding carboxylic acids is 2. The van der Waals surface area contributed by atoms with Gasteiger partial charge in [-0.2, -0.15) is 0 Å². The number of quaternary nitrogens is 1. The van der Waals surface area contributed by atoms with Crippen molar-refractivity contribution < 1.29 is 14.5 Å². The van der Waals surface area contributed by atoms with Crippen LogP contribution in [-0.4, -0.2) is 32.0 Å². The van der Waals surface area contributed by atoms with Crippen molar-refractivity contribution in [2.24, 2.45) is 0 Å². The van der Waals surface area contributed by atoms with Gasteiger partial charge in [-0.1, -0.05) is 47.5 Å². The molecule has 2 rings (SSSR count). The van der Waals surface area contributed by atoms with E-state index < -0.39 is 0 Å². The lowest BCUT2D eigenvalue weighted by molar-refractivity contribution is -0.862. The minimum Gasteiger partial charge on any atom is -0.322 e. The van der Waals surface area contributed by atoms with Crippen molar-refractivity contribution in [3.63, 3.8) is 0 Å². The van der Waals surface area contributed by atoms with Gasteiger partial charge in [0.2, 0.25) is 0 Å². The molecule has 0 radical (unpaired) electrons. The number of amides is 2. The monoisotopic (exact) mass is 394 g/mol. The van der Waals surface area contributed by atoms with Crippen LogP contribution in [0.4, 0.5) is 11.4 Å². The van der Waals surface area contributed by atoms with Crippen LogP contribution < -0.4 is 15.5 Å². The first-order valence-corrected chi connectivity index (χ1v) is 8.94. The first kappa shape index (κ1) is 20.2. The van der Waals surface area contributed by atoms with Crippen LogP contribution in [0.15, 0.2) is 36.4 Å². The SMILES string of the molecule is Cc1cccc(C)c1NC(=O)C[NH+](C)CC(=O)Nc1cccc(Cl)c1Cl. The van der Waals surface area contributed by atoms with Crippen LogP contribution in [-0.2, 0) is 9.59 Å². The second kappa shape index (κ2) is 9.03. The lowest BCUT2D eigenvalue weighted by atomic mass is 10.1. The average molecular weight is 395 g/mol. The van der Waals surface area contributed by atoms with Crippen molar-refractivity contribution in [2.45, 2.75) is 13.8 Å². The third-order valence-corrected chi connectivity index (χ3v) is 4.71. The van der Waals surface area contributed by atoms with Gasteiger partial charge in [-0.05, 0) is 37.1 Å². The highest BCUT2D eigenvalue weighted by Gasteiger charge is 2.16. The van der Waals surface area contributed by atoms with E-state index in [9.17, 15) is 9.59 Å². The normalized spacial score (nSPS) is 11.7. The summed E-state index contributed by atoms with van der Waals surface area (Å²) >= 11 is 12.0. The summed E-state index contributed by atoms with van der Waals surface area (Å²) in [4.78, 5) is 25.2. The molecule has 0 heterocycles. The summed E-state index contributed by atoms with van der Waals surface area (Å²) in [6.07, 6.45) is 0. The van der Waals surface area contributed by atoms with E-state index in [1.807, 2.05) is 32.0 Å². The molecule has 26 heavy (non-hydrogen) atoms. The summed E-state index contributed by atoms with van der Waals surface area (Å²) in [6.45, 7) is 4.19. The molecular formula is C19H22Cl2N3O2+. The van der Waals surface area contributed by atoms with Crippen molar-refractivity contribution >= 4 is 46.4 Å². The highest BCUT2D eigenvalue weighted by molar-refractivity contribution is 6.43. The molecule has 0 spiro atoms. The molecule has 1 unspecified atom stereocenters. The summed E-state index contributed by atoms with van der Waals surface area (Å²) in [5.41, 5.74) is 3.28. The molecule has 0 fully saturated rings.